The number of rotatable bonds is 0. The summed E-state index contributed by atoms with van der Waals surface area (Å²) in [7, 11) is 0. The monoisotopic (exact) mass is 125 g/mol. The summed E-state index contributed by atoms with van der Waals surface area (Å²) in [5, 5.41) is 0. The van der Waals surface area contributed by atoms with Crippen molar-refractivity contribution in [3.63, 3.8) is 0 Å². The number of nitrogens with zero attached hydrogens (tertiary/aromatic N) is 1. The lowest BCUT2D eigenvalue weighted by atomic mass is 10.6. The van der Waals surface area contributed by atoms with Crippen molar-refractivity contribution in [2.24, 2.45) is 0 Å². The van der Waals surface area contributed by atoms with E-state index < -0.39 is 0 Å². The van der Waals surface area contributed by atoms with Crippen molar-refractivity contribution in [3.05, 3.63) is 18.0 Å². The Morgan fingerprint density at radius 2 is 2.50 bits per heavy atom. The molecule has 2 nitrogen and oxygen atoms in total. The van der Waals surface area contributed by atoms with E-state index >= 15 is 0 Å². The van der Waals surface area contributed by atoms with Gasteiger partial charge in [-0.05, 0) is 0 Å². The molecule has 2 rings (SSSR count). The molecule has 0 aliphatic heterocycles. The first-order chi connectivity index (χ1) is 3.97. The fourth-order valence-corrected chi connectivity index (χ4v) is 1.21. The highest BCUT2D eigenvalue weighted by molar-refractivity contribution is 7.16. The molecule has 2 aromatic rings. The summed E-state index contributed by atoms with van der Waals surface area (Å²) >= 11 is 1.59. The summed E-state index contributed by atoms with van der Waals surface area (Å²) in [6, 6.07) is 0. The third-order valence-corrected chi connectivity index (χ3v) is 1.75. The predicted octanol–water partition coefficient (Wildman–Crippen LogP) is 1.89. The van der Waals surface area contributed by atoms with E-state index in [1.165, 1.54) is 0 Å². The fourth-order valence-electron chi connectivity index (χ4n) is 0.601. The van der Waals surface area contributed by atoms with Crippen molar-refractivity contribution in [3.8, 4) is 0 Å². The second-order valence-electron chi connectivity index (χ2n) is 1.47. The Labute approximate surface area is 49.8 Å². The van der Waals surface area contributed by atoms with Gasteiger partial charge in [0.25, 0.3) is 0 Å². The van der Waals surface area contributed by atoms with Crippen molar-refractivity contribution < 1.29 is 4.42 Å². The first-order valence-electron chi connectivity index (χ1n) is 2.22. The van der Waals surface area contributed by atoms with Crippen LogP contribution in [0.1, 0.15) is 0 Å². The zero-order chi connectivity index (χ0) is 5.40. The van der Waals surface area contributed by atoms with E-state index in [0.717, 1.165) is 10.2 Å². The predicted molar refractivity (Wildman–Crippen MR) is 31.9 cm³/mol. The number of furan rings is 1. The maximum atomic E-state index is 4.85. The third kappa shape index (κ3) is 0.391. The van der Waals surface area contributed by atoms with Crippen LogP contribution in [0.4, 0.5) is 0 Å². The van der Waals surface area contributed by atoms with Gasteiger partial charge < -0.3 is 4.42 Å². The largest absolute Gasteiger partial charge is 0.469 e. The Morgan fingerprint density at radius 1 is 1.50 bits per heavy atom. The lowest BCUT2D eigenvalue weighted by Crippen LogP contribution is -1.49. The van der Waals surface area contributed by atoms with Gasteiger partial charge in [0.2, 0.25) is 0 Å². The summed E-state index contributed by atoms with van der Waals surface area (Å²) in [5.74, 6) is 0. The Kier molecular flexibility index (Phi) is 0.676. The fraction of sp³-hybridized carbons (Fsp3) is 0. The van der Waals surface area contributed by atoms with Crippen LogP contribution in [-0.2, 0) is 0 Å². The molecule has 0 atom stereocenters. The summed E-state index contributed by atoms with van der Waals surface area (Å²) in [6.07, 6.45) is 3.35. The van der Waals surface area contributed by atoms with Crippen LogP contribution in [0.25, 0.3) is 10.2 Å². The van der Waals surface area contributed by atoms with E-state index in [4.69, 9.17) is 4.42 Å². The SMILES string of the molecule is c1nc2cocc2s1. The summed E-state index contributed by atoms with van der Waals surface area (Å²) in [5.41, 5.74) is 2.76. The molecule has 2 heterocycles. The number of hydrogen-bond donors (Lipinski definition) is 0. The van der Waals surface area contributed by atoms with Crippen molar-refractivity contribution in [2.45, 2.75) is 0 Å². The molecule has 0 unspecified atom stereocenters. The van der Waals surface area contributed by atoms with Crippen LogP contribution in [0.5, 0.6) is 0 Å². The quantitative estimate of drug-likeness (QED) is 0.537. The van der Waals surface area contributed by atoms with Crippen molar-refractivity contribution in [2.75, 3.05) is 0 Å². The highest BCUT2D eigenvalue weighted by Crippen LogP contribution is 2.16. The van der Waals surface area contributed by atoms with E-state index in [1.54, 1.807) is 29.4 Å². The van der Waals surface area contributed by atoms with Gasteiger partial charge in [-0.2, -0.15) is 0 Å². The van der Waals surface area contributed by atoms with Crippen LogP contribution in [0.15, 0.2) is 22.5 Å². The van der Waals surface area contributed by atoms with Gasteiger partial charge in [-0.1, -0.05) is 0 Å². The van der Waals surface area contributed by atoms with Gasteiger partial charge in [0, 0.05) is 0 Å². The highest BCUT2D eigenvalue weighted by Gasteiger charge is 1.94. The van der Waals surface area contributed by atoms with Crippen molar-refractivity contribution >= 4 is 21.6 Å². The molecule has 0 aliphatic rings. The normalized spacial score (nSPS) is 10.5. The first-order valence-corrected chi connectivity index (χ1v) is 3.10. The zero-order valence-corrected chi connectivity index (χ0v) is 4.81. The minimum Gasteiger partial charge on any atom is -0.469 e. The first kappa shape index (κ1) is 4.09. The molecule has 8 heavy (non-hydrogen) atoms. The van der Waals surface area contributed by atoms with Gasteiger partial charge in [-0.3, -0.25) is 0 Å². The highest BCUT2D eigenvalue weighted by atomic mass is 32.1. The lowest BCUT2D eigenvalue weighted by Gasteiger charge is -1.59. The number of hydrogen-bond acceptors (Lipinski definition) is 3. The summed E-state index contributed by atoms with van der Waals surface area (Å²) < 4.78 is 5.97. The van der Waals surface area contributed by atoms with Gasteiger partial charge in [-0.25, -0.2) is 4.98 Å². The van der Waals surface area contributed by atoms with Crippen LogP contribution in [0, 0.1) is 0 Å². The van der Waals surface area contributed by atoms with E-state index in [9.17, 15) is 0 Å². The van der Waals surface area contributed by atoms with Crippen LogP contribution in [0.3, 0.4) is 0 Å². The Morgan fingerprint density at radius 3 is 3.38 bits per heavy atom. The minimum absolute atomic E-state index is 0.954. The summed E-state index contributed by atoms with van der Waals surface area (Å²) in [4.78, 5) is 4.00. The van der Waals surface area contributed by atoms with Crippen molar-refractivity contribution in [1.82, 2.24) is 4.98 Å². The molecule has 0 N–H and O–H groups in total. The molecule has 0 spiro atoms. The van der Waals surface area contributed by atoms with Crippen molar-refractivity contribution in [1.29, 1.82) is 0 Å². The lowest BCUT2D eigenvalue weighted by molar-refractivity contribution is 0.572. The molecule has 0 radical (unpaired) electrons. The number of aromatic nitrogens is 1. The average molecular weight is 125 g/mol. The molecule has 0 aromatic carbocycles. The van der Waals surface area contributed by atoms with Gasteiger partial charge >= 0.3 is 0 Å². The van der Waals surface area contributed by atoms with Crippen LogP contribution >= 0.6 is 11.3 Å². The molecule has 0 aliphatic carbocycles. The van der Waals surface area contributed by atoms with Gasteiger partial charge in [0.05, 0.1) is 10.2 Å². The van der Waals surface area contributed by atoms with E-state index in [-0.39, 0.29) is 0 Å². The molecule has 3 heteroatoms. The zero-order valence-electron chi connectivity index (χ0n) is 4.00. The van der Waals surface area contributed by atoms with Gasteiger partial charge in [-0.15, -0.1) is 11.3 Å². The smallest absolute Gasteiger partial charge is 0.119 e. The molecule has 0 amide bonds. The van der Waals surface area contributed by atoms with E-state index in [2.05, 4.69) is 4.98 Å². The second-order valence-corrected chi connectivity index (χ2v) is 2.36. The maximum Gasteiger partial charge on any atom is 0.119 e. The Hall–Kier alpha value is -0.830. The van der Waals surface area contributed by atoms with Crippen LogP contribution < -0.4 is 0 Å². The summed E-state index contributed by atoms with van der Waals surface area (Å²) in [6.45, 7) is 0. The standard InChI is InChI=1S/C5H3NOS/c1-4-5(2-7-1)8-3-6-4/h1-3H. The molecule has 0 saturated heterocycles. The van der Waals surface area contributed by atoms with Crippen LogP contribution in [0.2, 0.25) is 0 Å². The molecular weight excluding hydrogens is 122 g/mol. The number of fused-ring (bicyclic) bond motifs is 1. The van der Waals surface area contributed by atoms with E-state index in [0.29, 0.717) is 0 Å². The van der Waals surface area contributed by atoms with Crippen LogP contribution in [-0.4, -0.2) is 4.98 Å². The Balaban J connectivity index is 3.06. The topological polar surface area (TPSA) is 26.0 Å². The second kappa shape index (κ2) is 1.32. The van der Waals surface area contributed by atoms with Gasteiger partial charge in [0.15, 0.2) is 0 Å². The molecular formula is C5H3NOS. The molecule has 0 bridgehead atoms. The molecule has 0 fully saturated rings. The van der Waals surface area contributed by atoms with E-state index in [1.807, 2.05) is 0 Å². The van der Waals surface area contributed by atoms with Gasteiger partial charge in [0.1, 0.15) is 18.0 Å². The average Bonchev–Trinajstić information content (AvgIpc) is 2.15. The third-order valence-electron chi connectivity index (χ3n) is 0.979. The molecule has 2 aromatic heterocycles. The minimum atomic E-state index is 0.954. The molecule has 40 valence electrons. The Bertz CT molecular complexity index is 234. The molecule has 0 saturated carbocycles. The number of thiazole rings is 1. The maximum absolute atomic E-state index is 4.85.